The van der Waals surface area contributed by atoms with Gasteiger partial charge in [0.1, 0.15) is 12.0 Å². The minimum absolute atomic E-state index is 0.295. The second kappa shape index (κ2) is 4.12. The van der Waals surface area contributed by atoms with Crippen LogP contribution in [-0.4, -0.2) is 12.6 Å². The normalized spacial score (nSPS) is 10.5. The van der Waals surface area contributed by atoms with Crippen LogP contribution >= 0.6 is 0 Å². The molecule has 1 heterocycles. The van der Waals surface area contributed by atoms with E-state index in [1.165, 1.54) is 6.26 Å². The molecule has 1 aromatic rings. The molecule has 72 valence electrons. The lowest BCUT2D eigenvalue weighted by Gasteiger charge is -1.97. The summed E-state index contributed by atoms with van der Waals surface area (Å²) in [5.74, 6) is 0.782. The summed E-state index contributed by atoms with van der Waals surface area (Å²) in [7, 11) is 0. The van der Waals surface area contributed by atoms with Crippen molar-refractivity contribution in [2.75, 3.05) is 6.61 Å². The Morgan fingerprint density at radius 3 is 2.77 bits per heavy atom. The zero-order valence-electron chi connectivity index (χ0n) is 8.16. The highest BCUT2D eigenvalue weighted by Gasteiger charge is 2.12. The molecule has 0 amide bonds. The molecular weight excluding hydrogens is 168 g/mol. The third-order valence-corrected chi connectivity index (χ3v) is 1.70. The van der Waals surface area contributed by atoms with Gasteiger partial charge >= 0.3 is 5.97 Å². The molecule has 0 aliphatic rings. The topological polar surface area (TPSA) is 39.4 Å². The summed E-state index contributed by atoms with van der Waals surface area (Å²) in [4.78, 5) is 11.2. The van der Waals surface area contributed by atoms with Crippen LogP contribution < -0.4 is 0 Å². The maximum Gasteiger partial charge on any atom is 0.341 e. The SMILES string of the molecule is CCOC(=O)c1coc(C(C)C)c1. The van der Waals surface area contributed by atoms with Gasteiger partial charge in [-0.2, -0.15) is 0 Å². The van der Waals surface area contributed by atoms with Crippen LogP contribution in [0.3, 0.4) is 0 Å². The van der Waals surface area contributed by atoms with E-state index in [1.807, 2.05) is 13.8 Å². The summed E-state index contributed by atoms with van der Waals surface area (Å²) in [6.07, 6.45) is 1.44. The molecule has 0 bridgehead atoms. The van der Waals surface area contributed by atoms with Crippen molar-refractivity contribution in [3.63, 3.8) is 0 Å². The van der Waals surface area contributed by atoms with Crippen molar-refractivity contribution in [3.8, 4) is 0 Å². The zero-order valence-corrected chi connectivity index (χ0v) is 8.16. The van der Waals surface area contributed by atoms with Crippen LogP contribution in [0.4, 0.5) is 0 Å². The van der Waals surface area contributed by atoms with E-state index < -0.39 is 0 Å². The van der Waals surface area contributed by atoms with Crippen LogP contribution in [0.1, 0.15) is 42.8 Å². The molecule has 1 aromatic heterocycles. The molecule has 0 spiro atoms. The Morgan fingerprint density at radius 1 is 1.62 bits per heavy atom. The number of esters is 1. The highest BCUT2D eigenvalue weighted by Crippen LogP contribution is 2.17. The zero-order chi connectivity index (χ0) is 9.84. The summed E-state index contributed by atoms with van der Waals surface area (Å²) in [5, 5.41) is 0. The first kappa shape index (κ1) is 9.84. The molecule has 0 fully saturated rings. The lowest BCUT2D eigenvalue weighted by atomic mass is 10.1. The summed E-state index contributed by atoms with van der Waals surface area (Å²) >= 11 is 0. The van der Waals surface area contributed by atoms with Gasteiger partial charge in [0, 0.05) is 5.92 Å². The van der Waals surface area contributed by atoms with E-state index in [1.54, 1.807) is 13.0 Å². The van der Waals surface area contributed by atoms with Gasteiger partial charge in [0.05, 0.1) is 12.2 Å². The van der Waals surface area contributed by atoms with Gasteiger partial charge in [-0.15, -0.1) is 0 Å². The van der Waals surface area contributed by atoms with E-state index in [4.69, 9.17) is 9.15 Å². The first-order chi connectivity index (χ1) is 6.15. The monoisotopic (exact) mass is 182 g/mol. The second-order valence-corrected chi connectivity index (χ2v) is 3.11. The van der Waals surface area contributed by atoms with Gasteiger partial charge in [0.15, 0.2) is 0 Å². The van der Waals surface area contributed by atoms with Gasteiger partial charge in [-0.25, -0.2) is 4.79 Å². The van der Waals surface area contributed by atoms with Gasteiger partial charge < -0.3 is 9.15 Å². The molecule has 0 aliphatic carbocycles. The molecule has 13 heavy (non-hydrogen) atoms. The van der Waals surface area contributed by atoms with Crippen molar-refractivity contribution in [2.24, 2.45) is 0 Å². The second-order valence-electron chi connectivity index (χ2n) is 3.11. The number of hydrogen-bond donors (Lipinski definition) is 0. The van der Waals surface area contributed by atoms with E-state index in [0.29, 0.717) is 18.1 Å². The Bertz CT molecular complexity index is 286. The molecule has 0 aromatic carbocycles. The molecule has 0 aliphatic heterocycles. The number of rotatable bonds is 3. The Hall–Kier alpha value is -1.25. The maximum absolute atomic E-state index is 11.2. The Labute approximate surface area is 77.7 Å². The smallest absolute Gasteiger partial charge is 0.341 e. The fourth-order valence-electron chi connectivity index (χ4n) is 0.977. The summed E-state index contributed by atoms with van der Waals surface area (Å²) < 4.78 is 10.0. The van der Waals surface area contributed by atoms with Crippen LogP contribution in [0.5, 0.6) is 0 Å². The van der Waals surface area contributed by atoms with Crippen molar-refractivity contribution in [1.82, 2.24) is 0 Å². The van der Waals surface area contributed by atoms with Gasteiger partial charge in [-0.05, 0) is 13.0 Å². The van der Waals surface area contributed by atoms with Crippen LogP contribution in [0.2, 0.25) is 0 Å². The highest BCUT2D eigenvalue weighted by molar-refractivity contribution is 5.89. The first-order valence-corrected chi connectivity index (χ1v) is 4.40. The summed E-state index contributed by atoms with van der Waals surface area (Å²) in [5.41, 5.74) is 0.491. The minimum atomic E-state index is -0.321. The van der Waals surface area contributed by atoms with E-state index in [2.05, 4.69) is 0 Å². The van der Waals surface area contributed by atoms with Gasteiger partial charge in [0.25, 0.3) is 0 Å². The van der Waals surface area contributed by atoms with Crippen molar-refractivity contribution in [2.45, 2.75) is 26.7 Å². The number of hydrogen-bond acceptors (Lipinski definition) is 3. The van der Waals surface area contributed by atoms with E-state index in [-0.39, 0.29) is 5.97 Å². The summed E-state index contributed by atoms with van der Waals surface area (Å²) in [6.45, 7) is 6.18. The van der Waals surface area contributed by atoms with E-state index in [0.717, 1.165) is 5.76 Å². The molecule has 0 N–H and O–H groups in total. The maximum atomic E-state index is 11.2. The van der Waals surface area contributed by atoms with Crippen molar-refractivity contribution >= 4 is 5.97 Å². The summed E-state index contributed by atoms with van der Waals surface area (Å²) in [6, 6.07) is 1.72. The fourth-order valence-corrected chi connectivity index (χ4v) is 0.977. The molecule has 0 atom stereocenters. The van der Waals surface area contributed by atoms with Crippen LogP contribution in [0, 0.1) is 0 Å². The fraction of sp³-hybridized carbons (Fsp3) is 0.500. The quantitative estimate of drug-likeness (QED) is 0.674. The van der Waals surface area contributed by atoms with E-state index >= 15 is 0 Å². The molecule has 0 saturated carbocycles. The molecule has 0 radical (unpaired) electrons. The third-order valence-electron chi connectivity index (χ3n) is 1.70. The van der Waals surface area contributed by atoms with Crippen LogP contribution in [0.25, 0.3) is 0 Å². The average Bonchev–Trinajstić information content (AvgIpc) is 2.52. The van der Waals surface area contributed by atoms with Gasteiger partial charge in [0.2, 0.25) is 0 Å². The molecule has 1 rings (SSSR count). The van der Waals surface area contributed by atoms with E-state index in [9.17, 15) is 4.79 Å². The molecule has 3 nitrogen and oxygen atoms in total. The Morgan fingerprint density at radius 2 is 2.31 bits per heavy atom. The predicted octanol–water partition coefficient (Wildman–Crippen LogP) is 2.58. The number of carbonyl (C=O) groups excluding carboxylic acids is 1. The minimum Gasteiger partial charge on any atom is -0.468 e. The highest BCUT2D eigenvalue weighted by atomic mass is 16.5. The molecule has 0 saturated heterocycles. The largest absolute Gasteiger partial charge is 0.468 e. The van der Waals surface area contributed by atoms with Crippen LogP contribution in [-0.2, 0) is 4.74 Å². The Balaban J connectivity index is 2.73. The first-order valence-electron chi connectivity index (χ1n) is 4.40. The van der Waals surface area contributed by atoms with Crippen molar-refractivity contribution < 1.29 is 13.9 Å². The number of furan rings is 1. The lowest BCUT2D eigenvalue weighted by Crippen LogP contribution is -2.02. The molecular formula is C10H14O3. The molecule has 0 unspecified atom stereocenters. The number of ether oxygens (including phenoxy) is 1. The number of carbonyl (C=O) groups is 1. The van der Waals surface area contributed by atoms with Crippen molar-refractivity contribution in [3.05, 3.63) is 23.7 Å². The lowest BCUT2D eigenvalue weighted by molar-refractivity contribution is 0.0525. The Kier molecular flexibility index (Phi) is 3.12. The van der Waals surface area contributed by atoms with Gasteiger partial charge in [-0.1, -0.05) is 13.8 Å². The van der Waals surface area contributed by atoms with Crippen molar-refractivity contribution in [1.29, 1.82) is 0 Å². The average molecular weight is 182 g/mol. The predicted molar refractivity (Wildman–Crippen MR) is 48.8 cm³/mol. The standard InChI is InChI=1S/C10H14O3/c1-4-12-10(11)8-5-9(7(2)3)13-6-8/h5-7H,4H2,1-3H3. The molecule has 3 heteroatoms. The van der Waals surface area contributed by atoms with Gasteiger partial charge in [-0.3, -0.25) is 0 Å². The third kappa shape index (κ3) is 2.34. The van der Waals surface area contributed by atoms with Crippen LogP contribution in [0.15, 0.2) is 16.7 Å².